The zero-order valence-corrected chi connectivity index (χ0v) is 11.6. The second kappa shape index (κ2) is 6.07. The number of carbonyl (C=O) groups is 1. The molecule has 0 aliphatic rings. The highest BCUT2D eigenvalue weighted by Crippen LogP contribution is 2.24. The first-order valence-corrected chi connectivity index (χ1v) is 6.53. The third-order valence-corrected chi connectivity index (χ3v) is 3.01. The van der Waals surface area contributed by atoms with Gasteiger partial charge < -0.3 is 9.72 Å². The molecule has 0 aliphatic carbocycles. The number of aromatic nitrogens is 1. The first-order chi connectivity index (χ1) is 9.67. The molecule has 0 aliphatic heterocycles. The summed E-state index contributed by atoms with van der Waals surface area (Å²) in [5, 5.41) is 10.1. The Hall–Kier alpha value is -2.54. The van der Waals surface area contributed by atoms with Gasteiger partial charge in [0, 0.05) is 22.2 Å². The van der Waals surface area contributed by atoms with Gasteiger partial charge in [-0.1, -0.05) is 25.1 Å². The number of rotatable bonds is 4. The van der Waals surface area contributed by atoms with Gasteiger partial charge in [-0.05, 0) is 25.5 Å². The minimum absolute atomic E-state index is 0.0197. The lowest BCUT2D eigenvalue weighted by Crippen LogP contribution is -2.07. The number of nitriles is 1. The highest BCUT2D eigenvalue weighted by Gasteiger charge is 2.13. The van der Waals surface area contributed by atoms with Crippen LogP contribution in [0.1, 0.15) is 24.6 Å². The number of para-hydroxylation sites is 1. The average molecular weight is 268 g/mol. The number of carbonyl (C=O) groups excluding carboxylic acids is 1. The third-order valence-electron chi connectivity index (χ3n) is 3.01. The number of H-pyrrole nitrogens is 1. The maximum atomic E-state index is 11.8. The van der Waals surface area contributed by atoms with E-state index in [2.05, 4.69) is 4.98 Å². The third kappa shape index (κ3) is 2.72. The van der Waals surface area contributed by atoms with Crippen molar-refractivity contribution in [3.8, 4) is 6.07 Å². The van der Waals surface area contributed by atoms with E-state index in [1.54, 1.807) is 6.08 Å². The second-order valence-electron chi connectivity index (χ2n) is 4.51. The van der Waals surface area contributed by atoms with E-state index in [0.29, 0.717) is 6.61 Å². The number of aryl methyl sites for hydroxylation is 1. The molecule has 1 aromatic heterocycles. The van der Waals surface area contributed by atoms with Crippen LogP contribution in [0.2, 0.25) is 0 Å². The first-order valence-electron chi connectivity index (χ1n) is 6.53. The molecule has 0 saturated carbocycles. The monoisotopic (exact) mass is 268 g/mol. The quantitative estimate of drug-likeness (QED) is 0.525. The fourth-order valence-electron chi connectivity index (χ4n) is 2.04. The zero-order valence-electron chi connectivity index (χ0n) is 11.6. The summed E-state index contributed by atoms with van der Waals surface area (Å²) in [7, 11) is 0. The van der Waals surface area contributed by atoms with E-state index < -0.39 is 5.97 Å². The Morgan fingerprint density at radius 2 is 2.20 bits per heavy atom. The molecule has 0 fully saturated rings. The summed E-state index contributed by atoms with van der Waals surface area (Å²) >= 11 is 0. The summed E-state index contributed by atoms with van der Waals surface area (Å²) in [5.41, 5.74) is 2.77. The Bertz CT molecular complexity index is 705. The molecule has 0 saturated heterocycles. The standard InChI is InChI=1S/C16H16N2O2/c1-3-8-20-16(19)12(10-17)9-14-11(2)18-15-7-5-4-6-13(14)15/h4-7,9,18H,3,8H2,1-2H3. The summed E-state index contributed by atoms with van der Waals surface area (Å²) in [5.74, 6) is -0.570. The van der Waals surface area contributed by atoms with Crippen molar-refractivity contribution in [2.45, 2.75) is 20.3 Å². The molecule has 2 rings (SSSR count). The molecule has 0 unspecified atom stereocenters. The van der Waals surface area contributed by atoms with E-state index in [1.807, 2.05) is 44.2 Å². The van der Waals surface area contributed by atoms with Crippen molar-refractivity contribution in [2.75, 3.05) is 6.61 Å². The Morgan fingerprint density at radius 1 is 1.45 bits per heavy atom. The van der Waals surface area contributed by atoms with Crippen molar-refractivity contribution in [2.24, 2.45) is 0 Å². The number of aromatic amines is 1. The van der Waals surface area contributed by atoms with E-state index in [-0.39, 0.29) is 5.57 Å². The van der Waals surface area contributed by atoms with Crippen LogP contribution in [0.5, 0.6) is 0 Å². The lowest BCUT2D eigenvalue weighted by Gasteiger charge is -2.01. The molecule has 0 radical (unpaired) electrons. The molecule has 4 nitrogen and oxygen atoms in total. The molecule has 0 spiro atoms. The summed E-state index contributed by atoms with van der Waals surface area (Å²) in [6.07, 6.45) is 2.32. The number of hydrogen-bond donors (Lipinski definition) is 1. The van der Waals surface area contributed by atoms with Crippen LogP contribution in [-0.2, 0) is 9.53 Å². The Balaban J connectivity index is 2.42. The molecule has 20 heavy (non-hydrogen) atoms. The minimum Gasteiger partial charge on any atom is -0.462 e. The predicted molar refractivity (Wildman–Crippen MR) is 77.9 cm³/mol. The van der Waals surface area contributed by atoms with Crippen LogP contribution in [0.15, 0.2) is 29.8 Å². The molecule has 0 atom stereocenters. The Labute approximate surface area is 117 Å². The maximum absolute atomic E-state index is 11.8. The molecule has 4 heteroatoms. The van der Waals surface area contributed by atoms with Gasteiger partial charge in [-0.25, -0.2) is 4.79 Å². The van der Waals surface area contributed by atoms with Crippen LogP contribution in [0.3, 0.4) is 0 Å². The Morgan fingerprint density at radius 3 is 2.90 bits per heavy atom. The van der Waals surface area contributed by atoms with Crippen molar-refractivity contribution in [1.82, 2.24) is 4.98 Å². The summed E-state index contributed by atoms with van der Waals surface area (Å²) in [6, 6.07) is 9.69. The fraction of sp³-hybridized carbons (Fsp3) is 0.250. The smallest absolute Gasteiger partial charge is 0.348 e. The highest BCUT2D eigenvalue weighted by molar-refractivity contribution is 6.01. The number of esters is 1. The number of nitrogens with zero attached hydrogens (tertiary/aromatic N) is 1. The lowest BCUT2D eigenvalue weighted by molar-refractivity contribution is -0.138. The van der Waals surface area contributed by atoms with E-state index >= 15 is 0 Å². The van der Waals surface area contributed by atoms with Gasteiger partial charge in [0.1, 0.15) is 11.6 Å². The highest BCUT2D eigenvalue weighted by atomic mass is 16.5. The maximum Gasteiger partial charge on any atom is 0.348 e. The number of benzene rings is 1. The van der Waals surface area contributed by atoms with Gasteiger partial charge >= 0.3 is 5.97 Å². The second-order valence-corrected chi connectivity index (χ2v) is 4.51. The fourth-order valence-corrected chi connectivity index (χ4v) is 2.04. The van der Waals surface area contributed by atoms with Crippen LogP contribution in [-0.4, -0.2) is 17.6 Å². The summed E-state index contributed by atoms with van der Waals surface area (Å²) in [6.45, 7) is 4.15. The van der Waals surface area contributed by atoms with Crippen molar-refractivity contribution < 1.29 is 9.53 Å². The van der Waals surface area contributed by atoms with E-state index in [9.17, 15) is 4.79 Å². The molecule has 1 heterocycles. The van der Waals surface area contributed by atoms with Gasteiger partial charge in [0.05, 0.1) is 6.61 Å². The van der Waals surface area contributed by atoms with Gasteiger partial charge in [0.25, 0.3) is 0 Å². The molecule has 102 valence electrons. The normalized spacial score (nSPS) is 11.3. The van der Waals surface area contributed by atoms with E-state index in [1.165, 1.54) is 0 Å². The van der Waals surface area contributed by atoms with Gasteiger partial charge in [-0.3, -0.25) is 0 Å². The molecule has 1 aromatic carbocycles. The van der Waals surface area contributed by atoms with Crippen molar-refractivity contribution in [3.63, 3.8) is 0 Å². The SMILES string of the molecule is CCCOC(=O)C(C#N)=Cc1c(C)[nH]c2ccccc12. The largest absolute Gasteiger partial charge is 0.462 e. The van der Waals surface area contributed by atoms with Crippen molar-refractivity contribution >= 4 is 22.9 Å². The van der Waals surface area contributed by atoms with E-state index in [4.69, 9.17) is 10.00 Å². The van der Waals surface area contributed by atoms with Crippen LogP contribution in [0, 0.1) is 18.3 Å². The van der Waals surface area contributed by atoms with Gasteiger partial charge in [-0.15, -0.1) is 0 Å². The number of nitrogens with one attached hydrogen (secondary N) is 1. The van der Waals surface area contributed by atoms with Gasteiger partial charge in [-0.2, -0.15) is 5.26 Å². The van der Waals surface area contributed by atoms with Crippen LogP contribution in [0.4, 0.5) is 0 Å². The molecule has 2 aromatic rings. The van der Waals surface area contributed by atoms with E-state index in [0.717, 1.165) is 28.6 Å². The zero-order chi connectivity index (χ0) is 14.5. The predicted octanol–water partition coefficient (Wildman–Crippen LogP) is 3.34. The first kappa shape index (κ1) is 13.9. The van der Waals surface area contributed by atoms with Crippen molar-refractivity contribution in [1.29, 1.82) is 5.26 Å². The Kier molecular flexibility index (Phi) is 4.21. The topological polar surface area (TPSA) is 65.9 Å². The molecule has 0 amide bonds. The molecule has 1 N–H and O–H groups in total. The number of fused-ring (bicyclic) bond motifs is 1. The van der Waals surface area contributed by atoms with Crippen LogP contribution >= 0.6 is 0 Å². The summed E-state index contributed by atoms with van der Waals surface area (Å²) < 4.78 is 5.00. The summed E-state index contributed by atoms with van der Waals surface area (Å²) in [4.78, 5) is 15.0. The van der Waals surface area contributed by atoms with Gasteiger partial charge in [0.15, 0.2) is 0 Å². The van der Waals surface area contributed by atoms with Crippen molar-refractivity contribution in [3.05, 3.63) is 41.1 Å². The molecular weight excluding hydrogens is 252 g/mol. The molecule has 0 bridgehead atoms. The number of hydrogen-bond acceptors (Lipinski definition) is 3. The van der Waals surface area contributed by atoms with Crippen LogP contribution < -0.4 is 0 Å². The van der Waals surface area contributed by atoms with Gasteiger partial charge in [0.2, 0.25) is 0 Å². The minimum atomic E-state index is -0.570. The molecular formula is C16H16N2O2. The average Bonchev–Trinajstić information content (AvgIpc) is 2.77. The number of ether oxygens (including phenoxy) is 1. The lowest BCUT2D eigenvalue weighted by atomic mass is 10.1. The van der Waals surface area contributed by atoms with Crippen LogP contribution in [0.25, 0.3) is 17.0 Å².